The normalized spacial score (nSPS) is 21.9. The minimum absolute atomic E-state index is 0.0669. The minimum Gasteiger partial charge on any atom is -0.463 e. The molecule has 2 aliphatic rings. The van der Waals surface area contributed by atoms with E-state index in [2.05, 4.69) is 24.4 Å². The summed E-state index contributed by atoms with van der Waals surface area (Å²) in [5.74, 6) is 0.607. The highest BCUT2D eigenvalue weighted by molar-refractivity contribution is 6.00. The quantitative estimate of drug-likeness (QED) is 0.474. The molecule has 3 aromatic rings. The van der Waals surface area contributed by atoms with Gasteiger partial charge in [-0.2, -0.15) is 0 Å². The molecule has 2 atom stereocenters. The summed E-state index contributed by atoms with van der Waals surface area (Å²) in [6, 6.07) is 17.9. The summed E-state index contributed by atoms with van der Waals surface area (Å²) in [6.45, 7) is 4.90. The van der Waals surface area contributed by atoms with Gasteiger partial charge in [-0.1, -0.05) is 62.9 Å². The van der Waals surface area contributed by atoms with Gasteiger partial charge in [0.05, 0.1) is 18.5 Å². The third kappa shape index (κ3) is 4.54. The Morgan fingerprint density at radius 1 is 1.03 bits per heavy atom. The van der Waals surface area contributed by atoms with E-state index < -0.39 is 5.54 Å². The number of benzene rings is 1. The highest BCUT2D eigenvalue weighted by Gasteiger charge is 2.48. The zero-order valence-electron chi connectivity index (χ0n) is 20.7. The first-order valence-corrected chi connectivity index (χ1v) is 12.9. The predicted octanol–water partition coefficient (Wildman–Crippen LogP) is 5.61. The van der Waals surface area contributed by atoms with E-state index >= 15 is 0 Å². The number of hydrogen-bond donors (Lipinski definition) is 1. The van der Waals surface area contributed by atoms with Crippen molar-refractivity contribution in [2.24, 2.45) is 0 Å². The Kier molecular flexibility index (Phi) is 6.54. The van der Waals surface area contributed by atoms with E-state index in [9.17, 15) is 9.59 Å². The number of fused-ring (bicyclic) bond motifs is 1. The maximum Gasteiger partial charge on any atom is 0.271 e. The molecule has 0 unspecified atom stereocenters. The van der Waals surface area contributed by atoms with Gasteiger partial charge in [-0.05, 0) is 55.5 Å². The lowest BCUT2D eigenvalue weighted by molar-refractivity contribution is -0.133. The van der Waals surface area contributed by atoms with Crippen molar-refractivity contribution in [1.82, 2.24) is 14.8 Å². The molecule has 0 spiro atoms. The number of amides is 2. The summed E-state index contributed by atoms with van der Waals surface area (Å²) in [5, 5.41) is 3.34. The number of hydrogen-bond acceptors (Lipinski definition) is 3. The third-order valence-corrected chi connectivity index (χ3v) is 7.78. The minimum atomic E-state index is -1.01. The Bertz CT molecular complexity index is 1160. The van der Waals surface area contributed by atoms with Crippen LogP contribution in [-0.4, -0.2) is 39.4 Å². The first-order valence-electron chi connectivity index (χ1n) is 12.9. The zero-order chi connectivity index (χ0) is 24.4. The smallest absolute Gasteiger partial charge is 0.271 e. The Hall–Kier alpha value is -3.28. The third-order valence-electron chi connectivity index (χ3n) is 7.78. The number of carbonyl (C=O) groups is 2. The average Bonchev–Trinajstić information content (AvgIpc) is 3.47. The molecule has 3 heterocycles. The first-order chi connectivity index (χ1) is 17.0. The first kappa shape index (κ1) is 23.5. The lowest BCUT2D eigenvalue weighted by Crippen LogP contribution is -2.65. The summed E-state index contributed by atoms with van der Waals surface area (Å²) in [4.78, 5) is 29.7. The Balaban J connectivity index is 1.49. The van der Waals surface area contributed by atoms with E-state index in [0.717, 1.165) is 36.9 Å². The lowest BCUT2D eigenvalue weighted by atomic mass is 9.91. The monoisotopic (exact) mass is 473 g/mol. The number of rotatable bonds is 6. The molecule has 6 nitrogen and oxygen atoms in total. The van der Waals surface area contributed by atoms with Crippen molar-refractivity contribution in [3.63, 3.8) is 0 Å². The molecule has 1 aliphatic heterocycles. The number of aromatic nitrogens is 1. The molecule has 6 heteroatoms. The van der Waals surface area contributed by atoms with Gasteiger partial charge in [0.2, 0.25) is 5.91 Å². The fourth-order valence-electron chi connectivity index (χ4n) is 5.62. The molecular formula is C29H35N3O3. The largest absolute Gasteiger partial charge is 0.463 e. The van der Waals surface area contributed by atoms with Gasteiger partial charge in [0.15, 0.2) is 0 Å². The van der Waals surface area contributed by atoms with Crippen LogP contribution in [0.4, 0.5) is 0 Å². The molecule has 1 saturated carbocycles. The van der Waals surface area contributed by atoms with Gasteiger partial charge in [-0.25, -0.2) is 0 Å². The molecule has 0 bridgehead atoms. The van der Waals surface area contributed by atoms with Crippen molar-refractivity contribution in [3.8, 4) is 11.5 Å². The molecule has 184 valence electrons. The van der Waals surface area contributed by atoms with Gasteiger partial charge in [-0.3, -0.25) is 9.59 Å². The molecule has 1 N–H and O–H groups in total. The van der Waals surface area contributed by atoms with E-state index in [1.165, 1.54) is 12.8 Å². The van der Waals surface area contributed by atoms with Crippen molar-refractivity contribution in [2.75, 3.05) is 6.54 Å². The predicted molar refractivity (Wildman–Crippen MR) is 136 cm³/mol. The van der Waals surface area contributed by atoms with Gasteiger partial charge in [0.25, 0.3) is 5.91 Å². The van der Waals surface area contributed by atoms with Crippen molar-refractivity contribution in [2.45, 2.75) is 76.4 Å². The molecule has 1 aromatic carbocycles. The topological polar surface area (TPSA) is 67.5 Å². The average molecular weight is 474 g/mol. The number of nitrogens with zero attached hydrogens (tertiary/aromatic N) is 2. The standard InChI is InChI=1S/C29H35N3O3/c1-21(22-11-6-5-7-12-22)19-32-27(33)25-17-16-24(26-15-10-18-35-26)31(25)20-29(32,2)28(34)30-23-13-8-3-4-9-14-23/h5-7,10-12,15-18,21,23H,3-4,8-9,13-14,19-20H2,1-2H3,(H,30,34)/t21-,29+/m0/s1. The number of carbonyl (C=O) groups excluding carboxylic acids is 2. The van der Waals surface area contributed by atoms with Crippen molar-refractivity contribution >= 4 is 11.8 Å². The van der Waals surface area contributed by atoms with Crippen LogP contribution >= 0.6 is 0 Å². The van der Waals surface area contributed by atoms with E-state index in [4.69, 9.17) is 4.42 Å². The Morgan fingerprint density at radius 2 is 1.74 bits per heavy atom. The van der Waals surface area contributed by atoms with Gasteiger partial charge in [-0.15, -0.1) is 0 Å². The van der Waals surface area contributed by atoms with E-state index in [-0.39, 0.29) is 23.8 Å². The highest BCUT2D eigenvalue weighted by Crippen LogP contribution is 2.35. The van der Waals surface area contributed by atoms with Gasteiger partial charge in [0.1, 0.15) is 17.0 Å². The van der Waals surface area contributed by atoms with Crippen LogP contribution in [0.15, 0.2) is 65.3 Å². The second-order valence-electron chi connectivity index (χ2n) is 10.3. The zero-order valence-corrected chi connectivity index (χ0v) is 20.7. The van der Waals surface area contributed by atoms with Crippen LogP contribution in [0.25, 0.3) is 11.5 Å². The molecule has 2 amide bonds. The number of nitrogens with one attached hydrogen (secondary N) is 1. The van der Waals surface area contributed by atoms with Crippen LogP contribution in [0.2, 0.25) is 0 Å². The van der Waals surface area contributed by atoms with Crippen molar-refractivity contribution < 1.29 is 14.0 Å². The van der Waals surface area contributed by atoms with Crippen LogP contribution in [0.5, 0.6) is 0 Å². The molecule has 0 radical (unpaired) electrons. The second-order valence-corrected chi connectivity index (χ2v) is 10.3. The Labute approximate surface area is 207 Å². The molecule has 0 saturated heterocycles. The maximum absolute atomic E-state index is 14.0. The van der Waals surface area contributed by atoms with Crippen LogP contribution in [-0.2, 0) is 11.3 Å². The molecule has 1 fully saturated rings. The summed E-state index contributed by atoms with van der Waals surface area (Å²) >= 11 is 0. The van der Waals surface area contributed by atoms with Gasteiger partial charge in [0, 0.05) is 12.6 Å². The summed E-state index contributed by atoms with van der Waals surface area (Å²) in [7, 11) is 0. The highest BCUT2D eigenvalue weighted by atomic mass is 16.3. The number of furan rings is 1. The summed E-state index contributed by atoms with van der Waals surface area (Å²) < 4.78 is 7.60. The second kappa shape index (κ2) is 9.76. The summed E-state index contributed by atoms with van der Waals surface area (Å²) in [6.07, 6.45) is 8.36. The molecule has 5 rings (SSSR count). The van der Waals surface area contributed by atoms with E-state index in [0.29, 0.717) is 24.5 Å². The van der Waals surface area contributed by atoms with E-state index in [1.54, 1.807) is 11.2 Å². The SMILES string of the molecule is C[C@@H](CN1C(=O)c2ccc(-c3ccco3)n2C[C@]1(C)C(=O)NC1CCCCCC1)c1ccccc1. The van der Waals surface area contributed by atoms with Crippen molar-refractivity contribution in [1.29, 1.82) is 0 Å². The van der Waals surface area contributed by atoms with Gasteiger partial charge >= 0.3 is 0 Å². The van der Waals surface area contributed by atoms with Crippen LogP contribution in [0.1, 0.15) is 74.3 Å². The van der Waals surface area contributed by atoms with E-state index in [1.807, 2.05) is 54.0 Å². The van der Waals surface area contributed by atoms with Gasteiger partial charge < -0.3 is 19.2 Å². The van der Waals surface area contributed by atoms with Crippen LogP contribution in [0.3, 0.4) is 0 Å². The molecule has 1 aliphatic carbocycles. The fraction of sp³-hybridized carbons (Fsp3) is 0.448. The molecule has 35 heavy (non-hydrogen) atoms. The lowest BCUT2D eigenvalue weighted by Gasteiger charge is -2.45. The fourth-order valence-corrected chi connectivity index (χ4v) is 5.62. The summed E-state index contributed by atoms with van der Waals surface area (Å²) in [5.41, 5.74) is 1.56. The maximum atomic E-state index is 14.0. The van der Waals surface area contributed by atoms with Crippen LogP contribution < -0.4 is 5.32 Å². The Morgan fingerprint density at radius 3 is 2.43 bits per heavy atom. The molecule has 2 aromatic heterocycles. The molecular weight excluding hydrogens is 438 g/mol. The van der Waals surface area contributed by atoms with Crippen LogP contribution in [0, 0.1) is 0 Å². The van der Waals surface area contributed by atoms with Crippen molar-refractivity contribution in [3.05, 3.63) is 72.1 Å².